The maximum atomic E-state index is 13.0. The Kier molecular flexibility index (Phi) is 7.43. The van der Waals surface area contributed by atoms with E-state index in [9.17, 15) is 9.18 Å². The quantitative estimate of drug-likeness (QED) is 0.727. The minimum absolute atomic E-state index is 0.0176. The van der Waals surface area contributed by atoms with E-state index in [0.717, 1.165) is 28.7 Å². The van der Waals surface area contributed by atoms with Crippen molar-refractivity contribution in [2.24, 2.45) is 0 Å². The third-order valence-corrected chi connectivity index (χ3v) is 5.98. The molecule has 0 aliphatic carbocycles. The first kappa shape index (κ1) is 21.5. The number of nitrogens with zero attached hydrogens (tertiary/aromatic N) is 5. The zero-order valence-corrected chi connectivity index (χ0v) is 18.2. The monoisotopic (exact) mass is 436 g/mol. The largest absolute Gasteiger partial charge is 0.354 e. The molecular formula is C19H25FN6OS2. The minimum atomic E-state index is -0.251. The molecule has 1 aromatic heterocycles. The average Bonchev–Trinajstić information content (AvgIpc) is 3.15. The van der Waals surface area contributed by atoms with Crippen molar-refractivity contribution in [1.82, 2.24) is 30.1 Å². The highest BCUT2D eigenvalue weighted by atomic mass is 32.2. The summed E-state index contributed by atoms with van der Waals surface area (Å²) in [6.45, 7) is 7.23. The van der Waals surface area contributed by atoms with Crippen LogP contribution in [0.3, 0.4) is 0 Å². The molecule has 1 saturated heterocycles. The second kappa shape index (κ2) is 10.0. The predicted octanol–water partition coefficient (Wildman–Crippen LogP) is 2.72. The molecule has 2 aromatic rings. The number of aromatic nitrogens is 3. The smallest absolute Gasteiger partial charge is 0.317 e. The summed E-state index contributed by atoms with van der Waals surface area (Å²) in [7, 11) is 0. The van der Waals surface area contributed by atoms with E-state index < -0.39 is 0 Å². The maximum absolute atomic E-state index is 13.0. The van der Waals surface area contributed by atoms with Crippen LogP contribution in [0.4, 0.5) is 9.18 Å². The van der Waals surface area contributed by atoms with Crippen LogP contribution in [0.2, 0.25) is 0 Å². The van der Waals surface area contributed by atoms with Gasteiger partial charge in [0, 0.05) is 44.2 Å². The number of nitrogens with one attached hydrogen (secondary N) is 1. The van der Waals surface area contributed by atoms with Crippen molar-refractivity contribution in [2.75, 3.05) is 26.2 Å². The fourth-order valence-corrected chi connectivity index (χ4v) is 4.04. The third kappa shape index (κ3) is 6.40. The summed E-state index contributed by atoms with van der Waals surface area (Å²) in [6, 6.07) is 6.47. The molecule has 7 nitrogen and oxygen atoms in total. The number of rotatable bonds is 5. The van der Waals surface area contributed by atoms with Gasteiger partial charge in [0.05, 0.1) is 12.2 Å². The van der Waals surface area contributed by atoms with Gasteiger partial charge in [0.2, 0.25) is 0 Å². The molecular weight excluding hydrogens is 411 g/mol. The van der Waals surface area contributed by atoms with E-state index in [-0.39, 0.29) is 17.9 Å². The molecule has 0 saturated carbocycles. The first-order chi connectivity index (χ1) is 13.9. The van der Waals surface area contributed by atoms with Gasteiger partial charge in [0.25, 0.3) is 0 Å². The number of amides is 2. The number of urea groups is 1. The predicted molar refractivity (Wildman–Crippen MR) is 116 cm³/mol. The summed E-state index contributed by atoms with van der Waals surface area (Å²) in [5.41, 5.74) is 1.81. The molecule has 3 rings (SSSR count). The first-order valence-corrected chi connectivity index (χ1v) is 10.9. The van der Waals surface area contributed by atoms with Crippen molar-refractivity contribution in [3.63, 3.8) is 0 Å². The van der Waals surface area contributed by atoms with E-state index in [1.54, 1.807) is 28.6 Å². The molecule has 1 N–H and O–H groups in total. The lowest BCUT2D eigenvalue weighted by molar-refractivity contribution is 0.169. The molecule has 2 amide bonds. The number of carbonyl (C=O) groups excluding carboxylic acids is 1. The molecule has 2 heterocycles. The lowest BCUT2D eigenvalue weighted by Crippen LogP contribution is -2.53. The van der Waals surface area contributed by atoms with Gasteiger partial charge in [-0.25, -0.2) is 13.9 Å². The van der Waals surface area contributed by atoms with Crippen LogP contribution in [0.25, 0.3) is 0 Å². The Balaban J connectivity index is 1.42. The molecule has 1 aliphatic heterocycles. The van der Waals surface area contributed by atoms with Gasteiger partial charge in [-0.1, -0.05) is 41.3 Å². The molecule has 156 valence electrons. The van der Waals surface area contributed by atoms with Gasteiger partial charge in [-0.2, -0.15) is 0 Å². The minimum Gasteiger partial charge on any atom is -0.354 e. The summed E-state index contributed by atoms with van der Waals surface area (Å²) in [5.74, 6) is 0.385. The van der Waals surface area contributed by atoms with Crippen LogP contribution >= 0.6 is 24.0 Å². The number of carbonyl (C=O) groups is 1. The summed E-state index contributed by atoms with van der Waals surface area (Å²) in [6.07, 6.45) is 1.88. The highest BCUT2D eigenvalue weighted by Gasteiger charge is 2.23. The summed E-state index contributed by atoms with van der Waals surface area (Å²) >= 11 is 7.10. The summed E-state index contributed by atoms with van der Waals surface area (Å²) in [4.78, 5) is 16.0. The standard InChI is InChI=1S/C19H25FN6OS2/c1-14(2)21-18(27)24-7-9-25(10-8-24)19(28)29-13-17-12-26(23-22-17)11-15-3-5-16(20)6-4-15/h3-6,12,14H,7-11,13H2,1-2H3,(H,21,27). The normalized spacial score (nSPS) is 14.3. The number of hydrogen-bond acceptors (Lipinski definition) is 5. The van der Waals surface area contributed by atoms with E-state index in [1.165, 1.54) is 12.1 Å². The Labute approximate surface area is 179 Å². The van der Waals surface area contributed by atoms with Gasteiger partial charge < -0.3 is 15.1 Å². The molecule has 10 heteroatoms. The average molecular weight is 437 g/mol. The molecule has 1 aromatic carbocycles. The number of halogens is 1. The summed E-state index contributed by atoms with van der Waals surface area (Å²) in [5, 5.41) is 11.2. The Morgan fingerprint density at radius 2 is 1.86 bits per heavy atom. The van der Waals surface area contributed by atoms with Gasteiger partial charge in [-0.15, -0.1) is 5.10 Å². The van der Waals surface area contributed by atoms with Crippen LogP contribution in [0.1, 0.15) is 25.1 Å². The van der Waals surface area contributed by atoms with E-state index >= 15 is 0 Å². The van der Waals surface area contributed by atoms with E-state index in [1.807, 2.05) is 24.9 Å². The van der Waals surface area contributed by atoms with E-state index in [2.05, 4.69) is 20.5 Å². The number of thiocarbonyl (C=S) groups is 1. The van der Waals surface area contributed by atoms with Crippen molar-refractivity contribution >= 4 is 34.3 Å². The van der Waals surface area contributed by atoms with Crippen LogP contribution in [0.5, 0.6) is 0 Å². The second-order valence-corrected chi connectivity index (χ2v) is 8.78. The first-order valence-electron chi connectivity index (χ1n) is 9.51. The molecule has 0 unspecified atom stereocenters. The molecule has 0 atom stereocenters. The topological polar surface area (TPSA) is 66.3 Å². The van der Waals surface area contributed by atoms with Gasteiger partial charge in [0.15, 0.2) is 0 Å². The van der Waals surface area contributed by atoms with Crippen LogP contribution < -0.4 is 5.32 Å². The molecule has 29 heavy (non-hydrogen) atoms. The van der Waals surface area contributed by atoms with Crippen molar-refractivity contribution in [3.8, 4) is 0 Å². The van der Waals surface area contributed by atoms with Gasteiger partial charge in [-0.05, 0) is 31.5 Å². The molecule has 1 fully saturated rings. The SMILES string of the molecule is CC(C)NC(=O)N1CCN(C(=S)SCc2cn(Cc3ccc(F)cc3)nn2)CC1. The van der Waals surface area contributed by atoms with Crippen LogP contribution in [-0.4, -0.2) is 67.4 Å². The summed E-state index contributed by atoms with van der Waals surface area (Å²) < 4.78 is 15.5. The highest BCUT2D eigenvalue weighted by molar-refractivity contribution is 8.22. The maximum Gasteiger partial charge on any atom is 0.317 e. The van der Waals surface area contributed by atoms with Gasteiger partial charge in [-0.3, -0.25) is 0 Å². The van der Waals surface area contributed by atoms with E-state index in [0.29, 0.717) is 25.4 Å². The van der Waals surface area contributed by atoms with Crippen molar-refractivity contribution in [2.45, 2.75) is 32.2 Å². The zero-order valence-electron chi connectivity index (χ0n) is 16.5. The van der Waals surface area contributed by atoms with Crippen LogP contribution in [0, 0.1) is 5.82 Å². The van der Waals surface area contributed by atoms with Crippen molar-refractivity contribution in [3.05, 3.63) is 47.5 Å². The molecule has 0 radical (unpaired) electrons. The molecule has 1 aliphatic rings. The van der Waals surface area contributed by atoms with Crippen molar-refractivity contribution in [1.29, 1.82) is 0 Å². The fraction of sp³-hybridized carbons (Fsp3) is 0.474. The van der Waals surface area contributed by atoms with Crippen LogP contribution in [0.15, 0.2) is 30.5 Å². The Morgan fingerprint density at radius 1 is 1.21 bits per heavy atom. The Bertz CT molecular complexity index is 833. The Morgan fingerprint density at radius 3 is 2.52 bits per heavy atom. The van der Waals surface area contributed by atoms with Gasteiger partial charge >= 0.3 is 6.03 Å². The third-order valence-electron chi connectivity index (χ3n) is 4.42. The number of benzene rings is 1. The number of thioether (sulfide) groups is 1. The van der Waals surface area contributed by atoms with Crippen LogP contribution in [-0.2, 0) is 12.3 Å². The number of hydrogen-bond donors (Lipinski definition) is 1. The lowest BCUT2D eigenvalue weighted by atomic mass is 10.2. The zero-order chi connectivity index (χ0) is 20.8. The van der Waals surface area contributed by atoms with Gasteiger partial charge in [0.1, 0.15) is 10.1 Å². The highest BCUT2D eigenvalue weighted by Crippen LogP contribution is 2.17. The second-order valence-electron chi connectivity index (χ2n) is 7.17. The molecule has 0 bridgehead atoms. The number of piperazine rings is 1. The van der Waals surface area contributed by atoms with Crippen molar-refractivity contribution < 1.29 is 9.18 Å². The Hall–Kier alpha value is -2.20. The lowest BCUT2D eigenvalue weighted by Gasteiger charge is -2.36. The molecule has 0 spiro atoms. The fourth-order valence-electron chi connectivity index (χ4n) is 2.92. The van der Waals surface area contributed by atoms with E-state index in [4.69, 9.17) is 12.2 Å².